The van der Waals surface area contributed by atoms with Gasteiger partial charge in [0.05, 0.1) is 5.33 Å². The first kappa shape index (κ1) is 15.4. The van der Waals surface area contributed by atoms with Crippen molar-refractivity contribution in [2.45, 2.75) is 44.8 Å². The molecule has 0 spiro atoms. The van der Waals surface area contributed by atoms with Crippen molar-refractivity contribution >= 4 is 27.8 Å². The molecule has 1 fully saturated rings. The molecule has 1 saturated heterocycles. The number of nitrogens with zero attached hydrogens (tertiary/aromatic N) is 1. The fourth-order valence-corrected chi connectivity index (χ4v) is 2.31. The second-order valence-electron chi connectivity index (χ2n) is 5.56. The maximum Gasteiger partial charge on any atom is 0.410 e. The molecule has 0 aromatic rings. The molecule has 5 nitrogen and oxygen atoms in total. The second-order valence-corrected chi connectivity index (χ2v) is 6.12. The highest BCUT2D eigenvalue weighted by Gasteiger charge is 2.40. The Balaban J connectivity index is 2.54. The number of carbonyl (C=O) groups is 2. The number of hydrogen-bond acceptors (Lipinski definition) is 4. The minimum Gasteiger partial charge on any atom is -0.444 e. The second kappa shape index (κ2) is 5.57. The van der Waals surface area contributed by atoms with Crippen LogP contribution in [0, 0.1) is 0 Å². The topological polar surface area (TPSA) is 66.8 Å². The van der Waals surface area contributed by atoms with Crippen LogP contribution in [0.25, 0.3) is 0 Å². The van der Waals surface area contributed by atoms with E-state index in [0.29, 0.717) is 13.1 Å². The van der Waals surface area contributed by atoms with Gasteiger partial charge in [-0.1, -0.05) is 15.9 Å². The van der Waals surface area contributed by atoms with E-state index in [2.05, 4.69) is 15.9 Å². The Labute approximate surface area is 116 Å². The molecule has 1 amide bonds. The van der Waals surface area contributed by atoms with Crippen LogP contribution in [0.5, 0.6) is 0 Å². The maximum atomic E-state index is 11.8. The van der Waals surface area contributed by atoms with E-state index >= 15 is 0 Å². The van der Waals surface area contributed by atoms with Gasteiger partial charge in [-0.15, -0.1) is 0 Å². The molecule has 0 bridgehead atoms. The molecule has 104 valence electrons. The van der Waals surface area contributed by atoms with Gasteiger partial charge in [-0.05, 0) is 20.8 Å². The Morgan fingerprint density at radius 2 is 1.83 bits per heavy atom. The molecule has 1 N–H and O–H groups in total. The fourth-order valence-electron chi connectivity index (χ4n) is 1.79. The predicted molar refractivity (Wildman–Crippen MR) is 70.8 cm³/mol. The van der Waals surface area contributed by atoms with E-state index in [4.69, 9.17) is 4.74 Å². The highest BCUT2D eigenvalue weighted by Crippen LogP contribution is 2.25. The fraction of sp³-hybridized carbons (Fsp3) is 0.833. The van der Waals surface area contributed by atoms with E-state index in [1.807, 2.05) is 0 Å². The summed E-state index contributed by atoms with van der Waals surface area (Å²) in [6.45, 7) is 6.09. The van der Waals surface area contributed by atoms with Crippen LogP contribution < -0.4 is 0 Å². The number of ketones is 1. The smallest absolute Gasteiger partial charge is 0.410 e. The molecule has 0 radical (unpaired) electrons. The molecule has 0 unspecified atom stereocenters. The zero-order valence-corrected chi connectivity index (χ0v) is 12.6. The Kier molecular flexibility index (Phi) is 4.78. The summed E-state index contributed by atoms with van der Waals surface area (Å²) in [4.78, 5) is 24.9. The van der Waals surface area contributed by atoms with Crippen LogP contribution in [0.3, 0.4) is 0 Å². The van der Waals surface area contributed by atoms with Gasteiger partial charge in [-0.2, -0.15) is 0 Å². The molecule has 6 heteroatoms. The monoisotopic (exact) mass is 321 g/mol. The molecule has 0 aromatic heterocycles. The van der Waals surface area contributed by atoms with Crippen LogP contribution >= 0.6 is 15.9 Å². The highest BCUT2D eigenvalue weighted by molar-refractivity contribution is 9.09. The van der Waals surface area contributed by atoms with Gasteiger partial charge < -0.3 is 14.7 Å². The molecule has 0 aliphatic carbocycles. The average Bonchev–Trinajstić information content (AvgIpc) is 2.26. The van der Waals surface area contributed by atoms with Gasteiger partial charge >= 0.3 is 6.09 Å². The molecule has 0 saturated carbocycles. The van der Waals surface area contributed by atoms with Crippen LogP contribution in [-0.4, -0.2) is 51.5 Å². The van der Waals surface area contributed by atoms with Gasteiger partial charge in [-0.3, -0.25) is 4.79 Å². The van der Waals surface area contributed by atoms with Crippen LogP contribution in [0.2, 0.25) is 0 Å². The predicted octanol–water partition coefficient (Wildman–Crippen LogP) is 1.71. The SMILES string of the molecule is CC(C)(C)OC(=O)N1CCC(O)(C(=O)CBr)CC1. The van der Waals surface area contributed by atoms with Gasteiger partial charge in [0.2, 0.25) is 0 Å². The minimum absolute atomic E-state index is 0.135. The van der Waals surface area contributed by atoms with Crippen molar-refractivity contribution in [1.82, 2.24) is 4.90 Å². The zero-order chi connectivity index (χ0) is 14.0. The van der Waals surface area contributed by atoms with Gasteiger partial charge in [0, 0.05) is 25.9 Å². The number of Topliss-reactive ketones (excluding diaryl/α,β-unsaturated/α-hetero) is 1. The summed E-state index contributed by atoms with van der Waals surface area (Å²) in [7, 11) is 0. The third kappa shape index (κ3) is 3.95. The Hall–Kier alpha value is -0.620. The largest absolute Gasteiger partial charge is 0.444 e. The van der Waals surface area contributed by atoms with E-state index in [1.165, 1.54) is 4.90 Å². The summed E-state index contributed by atoms with van der Waals surface area (Å²) in [6.07, 6.45) is 0.128. The number of carbonyl (C=O) groups excluding carboxylic acids is 2. The van der Waals surface area contributed by atoms with E-state index in [-0.39, 0.29) is 24.0 Å². The van der Waals surface area contributed by atoms with Gasteiger partial charge in [0.1, 0.15) is 11.2 Å². The van der Waals surface area contributed by atoms with E-state index < -0.39 is 17.3 Å². The molecule has 18 heavy (non-hydrogen) atoms. The molecule has 1 aliphatic rings. The summed E-state index contributed by atoms with van der Waals surface area (Å²) < 4.78 is 5.24. The molecule has 1 rings (SSSR count). The number of piperidine rings is 1. The zero-order valence-electron chi connectivity index (χ0n) is 11.0. The van der Waals surface area contributed by atoms with Crippen molar-refractivity contribution in [1.29, 1.82) is 0 Å². The number of aliphatic hydroxyl groups is 1. The summed E-state index contributed by atoms with van der Waals surface area (Å²) in [5.41, 5.74) is -1.83. The van der Waals surface area contributed by atoms with Crippen molar-refractivity contribution in [2.75, 3.05) is 18.4 Å². The normalized spacial score (nSPS) is 19.5. The first-order valence-electron chi connectivity index (χ1n) is 5.97. The molecule has 1 heterocycles. The Morgan fingerprint density at radius 3 is 2.22 bits per heavy atom. The van der Waals surface area contributed by atoms with Crippen molar-refractivity contribution < 1.29 is 19.4 Å². The number of rotatable bonds is 2. The number of halogens is 1. The maximum absolute atomic E-state index is 11.8. The molecule has 0 aromatic carbocycles. The number of alkyl halides is 1. The number of amides is 1. The third-order valence-electron chi connectivity index (χ3n) is 2.88. The lowest BCUT2D eigenvalue weighted by molar-refractivity contribution is -0.139. The Morgan fingerprint density at radius 1 is 1.33 bits per heavy atom. The summed E-state index contributed by atoms with van der Waals surface area (Å²) in [5, 5.41) is 10.2. The van der Waals surface area contributed by atoms with E-state index in [1.54, 1.807) is 20.8 Å². The van der Waals surface area contributed by atoms with Gasteiger partial charge in [0.15, 0.2) is 5.78 Å². The molecule has 0 atom stereocenters. The quantitative estimate of drug-likeness (QED) is 0.786. The third-order valence-corrected chi connectivity index (χ3v) is 3.39. The van der Waals surface area contributed by atoms with Crippen molar-refractivity contribution in [3.8, 4) is 0 Å². The van der Waals surface area contributed by atoms with Crippen LogP contribution in [-0.2, 0) is 9.53 Å². The summed E-state index contributed by atoms with van der Waals surface area (Å²) >= 11 is 3.05. The number of ether oxygens (including phenoxy) is 1. The molecular formula is C12H20BrNO4. The lowest BCUT2D eigenvalue weighted by Gasteiger charge is -2.37. The molecular weight excluding hydrogens is 302 g/mol. The number of hydrogen-bond donors (Lipinski definition) is 1. The minimum atomic E-state index is -1.30. The first-order chi connectivity index (χ1) is 8.18. The average molecular weight is 322 g/mol. The lowest BCUT2D eigenvalue weighted by Crippen LogP contribution is -2.52. The van der Waals surface area contributed by atoms with Gasteiger partial charge in [0.25, 0.3) is 0 Å². The first-order valence-corrected chi connectivity index (χ1v) is 7.10. The summed E-state index contributed by atoms with van der Waals surface area (Å²) in [6, 6.07) is 0. The standard InChI is InChI=1S/C12H20BrNO4/c1-11(2,3)18-10(16)14-6-4-12(17,5-7-14)9(15)8-13/h17H,4-8H2,1-3H3. The van der Waals surface area contributed by atoms with Crippen molar-refractivity contribution in [3.05, 3.63) is 0 Å². The van der Waals surface area contributed by atoms with E-state index in [0.717, 1.165) is 0 Å². The van der Waals surface area contributed by atoms with Crippen molar-refractivity contribution in [2.24, 2.45) is 0 Å². The summed E-state index contributed by atoms with van der Waals surface area (Å²) in [5.74, 6) is -0.230. The van der Waals surface area contributed by atoms with Crippen LogP contribution in [0.4, 0.5) is 4.79 Å². The van der Waals surface area contributed by atoms with Gasteiger partial charge in [-0.25, -0.2) is 4.79 Å². The van der Waals surface area contributed by atoms with Crippen LogP contribution in [0.15, 0.2) is 0 Å². The molecule has 1 aliphatic heterocycles. The highest BCUT2D eigenvalue weighted by atomic mass is 79.9. The van der Waals surface area contributed by atoms with Crippen molar-refractivity contribution in [3.63, 3.8) is 0 Å². The lowest BCUT2D eigenvalue weighted by atomic mass is 9.88. The van der Waals surface area contributed by atoms with E-state index in [9.17, 15) is 14.7 Å². The Bertz CT molecular complexity index is 329. The number of likely N-dealkylation sites (tertiary alicyclic amines) is 1. The van der Waals surface area contributed by atoms with Crippen LogP contribution in [0.1, 0.15) is 33.6 Å².